The number of carbonyl (C=O) groups excluding carboxylic acids is 1. The Kier molecular flexibility index (Phi) is 2.43. The third-order valence-corrected chi connectivity index (χ3v) is 3.51. The van der Waals surface area contributed by atoms with Crippen molar-refractivity contribution in [3.63, 3.8) is 0 Å². The van der Waals surface area contributed by atoms with E-state index in [0.717, 1.165) is 25.9 Å². The first-order valence-electron chi connectivity index (χ1n) is 5.14. The summed E-state index contributed by atoms with van der Waals surface area (Å²) in [5.41, 5.74) is 1.61. The Morgan fingerprint density at radius 3 is 3.12 bits per heavy atom. The number of likely N-dealkylation sites (N-methyl/N-ethyl adjacent to an activating group) is 1. The largest absolute Gasteiger partial charge is 0.481 e. The fraction of sp³-hybridized carbons (Fsp3) is 0.167. The first-order chi connectivity index (χ1) is 8.16. The molecule has 0 radical (unpaired) electrons. The molecule has 1 amide bonds. The lowest BCUT2D eigenvalue weighted by atomic mass is 10.1. The van der Waals surface area contributed by atoms with Gasteiger partial charge in [-0.15, -0.1) is 0 Å². The molecule has 3 rings (SSSR count). The number of ether oxygens (including phenoxy) is 1. The molecule has 1 aliphatic rings. The van der Waals surface area contributed by atoms with Gasteiger partial charge in [0, 0.05) is 16.0 Å². The molecule has 17 heavy (non-hydrogen) atoms. The second-order valence-corrected chi connectivity index (χ2v) is 5.12. The van der Waals surface area contributed by atoms with Gasteiger partial charge in [-0.3, -0.25) is 9.78 Å². The number of halogens is 1. The zero-order chi connectivity index (χ0) is 12.0. The van der Waals surface area contributed by atoms with E-state index in [1.807, 2.05) is 18.2 Å². The standard InChI is InChI=1S/C12H9IN2O2/c1-15-10-5-14-9-3-2-7(13)4-8(9)12(10)17-6-11(15)16/h2-5H,6H2,1H3. The molecule has 0 bridgehead atoms. The summed E-state index contributed by atoms with van der Waals surface area (Å²) in [5, 5.41) is 0.953. The number of fused-ring (bicyclic) bond motifs is 3. The Labute approximate surface area is 112 Å². The van der Waals surface area contributed by atoms with Crippen molar-refractivity contribution < 1.29 is 9.53 Å². The number of aromatic nitrogens is 1. The van der Waals surface area contributed by atoms with Gasteiger partial charge in [0.05, 0.1) is 11.7 Å². The van der Waals surface area contributed by atoms with Crippen LogP contribution in [0.3, 0.4) is 0 Å². The van der Waals surface area contributed by atoms with Gasteiger partial charge in [0.2, 0.25) is 0 Å². The number of pyridine rings is 1. The highest BCUT2D eigenvalue weighted by Gasteiger charge is 2.24. The molecule has 2 aromatic rings. The maximum Gasteiger partial charge on any atom is 0.264 e. The second-order valence-electron chi connectivity index (χ2n) is 3.88. The molecule has 2 heterocycles. The summed E-state index contributed by atoms with van der Waals surface area (Å²) in [6.07, 6.45) is 1.68. The van der Waals surface area contributed by atoms with Crippen LogP contribution in [0.25, 0.3) is 10.9 Å². The van der Waals surface area contributed by atoms with Gasteiger partial charge in [-0.25, -0.2) is 0 Å². The lowest BCUT2D eigenvalue weighted by Gasteiger charge is -2.26. The van der Waals surface area contributed by atoms with E-state index in [1.54, 1.807) is 18.1 Å². The molecule has 0 aliphatic carbocycles. The summed E-state index contributed by atoms with van der Waals surface area (Å²) >= 11 is 2.25. The van der Waals surface area contributed by atoms with Crippen LogP contribution >= 0.6 is 22.6 Å². The van der Waals surface area contributed by atoms with Crippen molar-refractivity contribution in [3.05, 3.63) is 28.0 Å². The predicted octanol–water partition coefficient (Wildman–Crippen LogP) is 2.19. The molecule has 0 N–H and O–H groups in total. The van der Waals surface area contributed by atoms with E-state index in [-0.39, 0.29) is 12.5 Å². The molecule has 1 aromatic heterocycles. The quantitative estimate of drug-likeness (QED) is 0.691. The number of rotatable bonds is 0. The molecular weight excluding hydrogens is 331 g/mol. The summed E-state index contributed by atoms with van der Waals surface area (Å²) in [6, 6.07) is 5.97. The molecule has 86 valence electrons. The summed E-state index contributed by atoms with van der Waals surface area (Å²) in [6.45, 7) is 0.0914. The minimum atomic E-state index is -0.0516. The molecular formula is C12H9IN2O2. The van der Waals surface area contributed by atoms with Crippen molar-refractivity contribution in [2.24, 2.45) is 0 Å². The van der Waals surface area contributed by atoms with Crippen LogP contribution < -0.4 is 9.64 Å². The van der Waals surface area contributed by atoms with Crippen molar-refractivity contribution in [3.8, 4) is 5.75 Å². The smallest absolute Gasteiger partial charge is 0.264 e. The summed E-state index contributed by atoms with van der Waals surface area (Å²) in [7, 11) is 1.74. The zero-order valence-corrected chi connectivity index (χ0v) is 11.3. The fourth-order valence-corrected chi connectivity index (χ4v) is 2.38. The van der Waals surface area contributed by atoms with Crippen LogP contribution in [-0.2, 0) is 4.79 Å². The Hall–Kier alpha value is -1.37. The third-order valence-electron chi connectivity index (χ3n) is 2.84. The van der Waals surface area contributed by atoms with Gasteiger partial charge in [-0.2, -0.15) is 0 Å². The van der Waals surface area contributed by atoms with Crippen LogP contribution in [-0.4, -0.2) is 24.5 Å². The Morgan fingerprint density at radius 1 is 1.47 bits per heavy atom. The maximum absolute atomic E-state index is 11.5. The molecule has 0 spiro atoms. The van der Waals surface area contributed by atoms with Crippen LogP contribution in [0.2, 0.25) is 0 Å². The average molecular weight is 340 g/mol. The molecule has 1 aromatic carbocycles. The molecule has 1 aliphatic heterocycles. The van der Waals surface area contributed by atoms with E-state index in [4.69, 9.17) is 4.74 Å². The molecule has 4 nitrogen and oxygen atoms in total. The molecule has 0 atom stereocenters. The highest BCUT2D eigenvalue weighted by atomic mass is 127. The van der Waals surface area contributed by atoms with E-state index in [1.165, 1.54) is 0 Å². The van der Waals surface area contributed by atoms with E-state index < -0.39 is 0 Å². The highest BCUT2D eigenvalue weighted by molar-refractivity contribution is 14.1. The normalized spacial score (nSPS) is 14.7. The lowest BCUT2D eigenvalue weighted by Crippen LogP contribution is -2.35. The van der Waals surface area contributed by atoms with Crippen LogP contribution in [0.1, 0.15) is 0 Å². The van der Waals surface area contributed by atoms with E-state index in [2.05, 4.69) is 27.6 Å². The van der Waals surface area contributed by atoms with Crippen LogP contribution in [0.5, 0.6) is 5.75 Å². The van der Waals surface area contributed by atoms with E-state index in [9.17, 15) is 4.79 Å². The summed E-state index contributed by atoms with van der Waals surface area (Å²) in [4.78, 5) is 17.5. The Balaban J connectivity index is 2.32. The van der Waals surface area contributed by atoms with Gasteiger partial charge >= 0.3 is 0 Å². The zero-order valence-electron chi connectivity index (χ0n) is 9.11. The van der Waals surface area contributed by atoms with Crippen molar-refractivity contribution in [2.75, 3.05) is 18.6 Å². The van der Waals surface area contributed by atoms with Crippen LogP contribution in [0, 0.1) is 3.57 Å². The monoisotopic (exact) mass is 340 g/mol. The number of benzene rings is 1. The van der Waals surface area contributed by atoms with Crippen molar-refractivity contribution in [1.82, 2.24) is 4.98 Å². The summed E-state index contributed by atoms with van der Waals surface area (Å²) < 4.78 is 6.66. The summed E-state index contributed by atoms with van der Waals surface area (Å²) in [5.74, 6) is 0.694. The fourth-order valence-electron chi connectivity index (χ4n) is 1.89. The van der Waals surface area contributed by atoms with Crippen LogP contribution in [0.15, 0.2) is 24.4 Å². The number of amides is 1. The number of carbonyl (C=O) groups is 1. The molecule has 0 fully saturated rings. The minimum Gasteiger partial charge on any atom is -0.481 e. The highest BCUT2D eigenvalue weighted by Crippen LogP contribution is 2.37. The minimum absolute atomic E-state index is 0.0516. The number of nitrogens with zero attached hydrogens (tertiary/aromatic N) is 2. The van der Waals surface area contributed by atoms with Gasteiger partial charge < -0.3 is 9.64 Å². The Morgan fingerprint density at radius 2 is 2.29 bits per heavy atom. The number of hydrogen-bond donors (Lipinski definition) is 0. The first kappa shape index (κ1) is 10.8. The predicted molar refractivity (Wildman–Crippen MR) is 73.4 cm³/mol. The topological polar surface area (TPSA) is 42.4 Å². The molecule has 0 saturated carbocycles. The number of anilines is 1. The molecule has 0 saturated heterocycles. The lowest BCUT2D eigenvalue weighted by molar-refractivity contribution is -0.120. The van der Waals surface area contributed by atoms with E-state index in [0.29, 0.717) is 0 Å². The Bertz CT molecular complexity index is 627. The number of hydrogen-bond acceptors (Lipinski definition) is 3. The van der Waals surface area contributed by atoms with Crippen molar-refractivity contribution >= 4 is 45.1 Å². The van der Waals surface area contributed by atoms with Gasteiger partial charge in [0.25, 0.3) is 5.91 Å². The van der Waals surface area contributed by atoms with Gasteiger partial charge in [-0.05, 0) is 40.8 Å². The third kappa shape index (κ3) is 1.65. The van der Waals surface area contributed by atoms with Gasteiger partial charge in [0.1, 0.15) is 5.69 Å². The van der Waals surface area contributed by atoms with Crippen molar-refractivity contribution in [1.29, 1.82) is 0 Å². The maximum atomic E-state index is 11.5. The molecule has 5 heteroatoms. The van der Waals surface area contributed by atoms with Crippen LogP contribution in [0.4, 0.5) is 5.69 Å². The average Bonchev–Trinajstić information content (AvgIpc) is 2.33. The van der Waals surface area contributed by atoms with Crippen molar-refractivity contribution in [2.45, 2.75) is 0 Å². The van der Waals surface area contributed by atoms with Gasteiger partial charge in [-0.1, -0.05) is 0 Å². The SMILES string of the molecule is CN1C(=O)COc2c1cnc1ccc(I)cc21. The second kappa shape index (κ2) is 3.83. The van der Waals surface area contributed by atoms with E-state index >= 15 is 0 Å². The first-order valence-corrected chi connectivity index (χ1v) is 6.22. The van der Waals surface area contributed by atoms with Gasteiger partial charge in [0.15, 0.2) is 12.4 Å². The molecule has 0 unspecified atom stereocenters.